The minimum Gasteiger partial charge on any atom is -0.494 e. The van der Waals surface area contributed by atoms with E-state index in [9.17, 15) is 26.3 Å². The molecule has 0 N–H and O–H groups in total. The molecule has 0 radical (unpaired) electrons. The molecule has 9 heteroatoms. The first kappa shape index (κ1) is 27.8. The molecule has 0 saturated heterocycles. The van der Waals surface area contributed by atoms with Crippen LogP contribution in [0.2, 0.25) is 0 Å². The molecule has 0 bridgehead atoms. The number of rotatable bonds is 9. The Balaban J connectivity index is 1.67. The van der Waals surface area contributed by atoms with E-state index in [1.165, 1.54) is 6.07 Å². The summed E-state index contributed by atoms with van der Waals surface area (Å²) in [5.74, 6) is -0.0134. The van der Waals surface area contributed by atoms with E-state index in [1.807, 2.05) is 13.8 Å². The van der Waals surface area contributed by atoms with E-state index < -0.39 is 41.7 Å². The van der Waals surface area contributed by atoms with Gasteiger partial charge in [0.25, 0.3) is 6.43 Å². The second kappa shape index (κ2) is 11.3. The third kappa shape index (κ3) is 6.42. The Bertz CT molecular complexity index is 1290. The van der Waals surface area contributed by atoms with E-state index in [-0.39, 0.29) is 29.4 Å². The summed E-state index contributed by atoms with van der Waals surface area (Å²) in [6.45, 7) is 5.93. The fraction of sp³-hybridized carbons (Fsp3) is 0.414. The fourth-order valence-corrected chi connectivity index (χ4v) is 4.59. The van der Waals surface area contributed by atoms with Crippen molar-refractivity contribution in [3.05, 3.63) is 76.2 Å². The third-order valence-corrected chi connectivity index (χ3v) is 6.57. The molecule has 1 aliphatic rings. The predicted molar refractivity (Wildman–Crippen MR) is 132 cm³/mol. The molecule has 0 saturated carbocycles. The molecule has 4 rings (SSSR count). The van der Waals surface area contributed by atoms with E-state index in [2.05, 4.69) is 11.9 Å². The van der Waals surface area contributed by atoms with E-state index >= 15 is 0 Å². The van der Waals surface area contributed by atoms with Crippen molar-refractivity contribution in [1.29, 1.82) is 0 Å². The first-order chi connectivity index (χ1) is 17.9. The van der Waals surface area contributed by atoms with Gasteiger partial charge in [0.2, 0.25) is 5.88 Å². The normalized spacial score (nSPS) is 15.3. The quantitative estimate of drug-likeness (QED) is 0.256. The summed E-state index contributed by atoms with van der Waals surface area (Å²) in [6.07, 6.45) is -3.94. The van der Waals surface area contributed by atoms with Crippen LogP contribution in [-0.2, 0) is 25.6 Å². The summed E-state index contributed by atoms with van der Waals surface area (Å²) < 4.78 is 95.6. The molecular formula is C29H29F6NO2. The molecule has 0 fully saturated rings. The van der Waals surface area contributed by atoms with Gasteiger partial charge in [-0.3, -0.25) is 0 Å². The maximum atomic E-state index is 14.8. The standard InChI is InChI=1S/C29H29F6NO2/c1-16(2)6-7-37-21-4-5-22(24(12-21)28(31)32)23-10-20(26(30)13-25(23)29(33,34)35)15-38-27-11-18-8-17(3)9-19(18)14-36-27/h4-5,10-14,16-17,28H,6-9,15H2,1-3H3. The van der Waals surface area contributed by atoms with Gasteiger partial charge < -0.3 is 9.47 Å². The number of aromatic nitrogens is 1. The lowest BCUT2D eigenvalue weighted by Gasteiger charge is -2.19. The molecule has 3 aromatic rings. The lowest BCUT2D eigenvalue weighted by molar-refractivity contribution is -0.137. The van der Waals surface area contributed by atoms with Crippen molar-refractivity contribution in [2.24, 2.45) is 11.8 Å². The van der Waals surface area contributed by atoms with Crippen LogP contribution in [0.1, 0.15) is 61.4 Å². The van der Waals surface area contributed by atoms with Crippen LogP contribution in [0.15, 0.2) is 42.6 Å². The number of ether oxygens (including phenoxy) is 2. The highest BCUT2D eigenvalue weighted by molar-refractivity contribution is 5.73. The summed E-state index contributed by atoms with van der Waals surface area (Å²) in [4.78, 5) is 4.21. The molecular weight excluding hydrogens is 508 g/mol. The zero-order valence-corrected chi connectivity index (χ0v) is 21.3. The van der Waals surface area contributed by atoms with Gasteiger partial charge in [-0.15, -0.1) is 0 Å². The average molecular weight is 538 g/mol. The van der Waals surface area contributed by atoms with E-state index in [4.69, 9.17) is 9.47 Å². The molecule has 1 aliphatic carbocycles. The zero-order valence-electron chi connectivity index (χ0n) is 21.3. The molecule has 1 unspecified atom stereocenters. The highest BCUT2D eigenvalue weighted by Gasteiger charge is 2.36. The van der Waals surface area contributed by atoms with Crippen molar-refractivity contribution in [1.82, 2.24) is 4.98 Å². The Hall–Kier alpha value is -3.23. The molecule has 204 valence electrons. The Labute approximate surface area is 217 Å². The lowest BCUT2D eigenvalue weighted by atomic mass is 9.93. The minimum absolute atomic E-state index is 0.126. The Morgan fingerprint density at radius 3 is 2.39 bits per heavy atom. The maximum absolute atomic E-state index is 14.8. The number of pyridine rings is 1. The summed E-state index contributed by atoms with van der Waals surface area (Å²) in [5, 5.41) is 0. The number of alkyl halides is 5. The van der Waals surface area contributed by atoms with Crippen LogP contribution in [0, 0.1) is 17.7 Å². The van der Waals surface area contributed by atoms with Crippen molar-refractivity contribution in [3.8, 4) is 22.8 Å². The van der Waals surface area contributed by atoms with Crippen LogP contribution >= 0.6 is 0 Å². The van der Waals surface area contributed by atoms with Crippen LogP contribution in [0.4, 0.5) is 26.3 Å². The molecule has 1 atom stereocenters. The van der Waals surface area contributed by atoms with Crippen molar-refractivity contribution >= 4 is 0 Å². The molecule has 0 aliphatic heterocycles. The Morgan fingerprint density at radius 1 is 0.974 bits per heavy atom. The fourth-order valence-electron chi connectivity index (χ4n) is 4.59. The molecule has 38 heavy (non-hydrogen) atoms. The monoisotopic (exact) mass is 537 g/mol. The SMILES string of the molecule is CC(C)CCOc1ccc(-c2cc(COc3cc4c(cn3)CC(C)C4)c(F)cc2C(F)(F)F)c(C(F)F)c1. The number of nitrogens with zero attached hydrogens (tertiary/aromatic N) is 1. The van der Waals surface area contributed by atoms with Crippen molar-refractivity contribution in [3.63, 3.8) is 0 Å². The molecule has 0 amide bonds. The Kier molecular flexibility index (Phi) is 8.23. The zero-order chi connectivity index (χ0) is 27.6. The van der Waals surface area contributed by atoms with E-state index in [1.54, 1.807) is 12.3 Å². The van der Waals surface area contributed by atoms with Gasteiger partial charge >= 0.3 is 6.18 Å². The number of hydrogen-bond donors (Lipinski definition) is 0. The molecule has 2 aromatic carbocycles. The average Bonchev–Trinajstić information content (AvgIpc) is 3.21. The maximum Gasteiger partial charge on any atom is 0.417 e. The van der Waals surface area contributed by atoms with E-state index in [0.717, 1.165) is 42.2 Å². The van der Waals surface area contributed by atoms with Crippen LogP contribution in [-0.4, -0.2) is 11.6 Å². The van der Waals surface area contributed by atoms with Gasteiger partial charge in [0.05, 0.1) is 12.2 Å². The number of halogens is 6. The van der Waals surface area contributed by atoms with Crippen LogP contribution < -0.4 is 9.47 Å². The van der Waals surface area contributed by atoms with Gasteiger partial charge in [-0.1, -0.05) is 26.8 Å². The molecule has 3 nitrogen and oxygen atoms in total. The lowest BCUT2D eigenvalue weighted by Crippen LogP contribution is -2.11. The molecule has 1 heterocycles. The van der Waals surface area contributed by atoms with Crippen molar-refractivity contribution < 1.29 is 35.8 Å². The van der Waals surface area contributed by atoms with Gasteiger partial charge in [0, 0.05) is 23.4 Å². The summed E-state index contributed by atoms with van der Waals surface area (Å²) in [7, 11) is 0. The van der Waals surface area contributed by atoms with Crippen molar-refractivity contribution in [2.45, 2.75) is 59.2 Å². The number of hydrogen-bond acceptors (Lipinski definition) is 3. The highest BCUT2D eigenvalue weighted by atomic mass is 19.4. The van der Waals surface area contributed by atoms with Gasteiger partial charge in [-0.05, 0) is 77.6 Å². The third-order valence-electron chi connectivity index (χ3n) is 6.57. The highest BCUT2D eigenvalue weighted by Crippen LogP contribution is 2.42. The first-order valence-corrected chi connectivity index (χ1v) is 12.5. The molecule has 1 aromatic heterocycles. The van der Waals surface area contributed by atoms with Crippen LogP contribution in [0.5, 0.6) is 11.6 Å². The van der Waals surface area contributed by atoms with E-state index in [0.29, 0.717) is 24.3 Å². The summed E-state index contributed by atoms with van der Waals surface area (Å²) in [6, 6.07) is 6.53. The van der Waals surface area contributed by atoms with Crippen molar-refractivity contribution in [2.75, 3.05) is 6.61 Å². The topological polar surface area (TPSA) is 31.4 Å². The first-order valence-electron chi connectivity index (χ1n) is 12.5. The van der Waals surface area contributed by atoms with Crippen LogP contribution in [0.25, 0.3) is 11.1 Å². The second-order valence-corrected chi connectivity index (χ2v) is 10.2. The largest absolute Gasteiger partial charge is 0.494 e. The van der Waals surface area contributed by atoms with Gasteiger partial charge in [0.1, 0.15) is 18.2 Å². The number of benzene rings is 2. The summed E-state index contributed by atoms with van der Waals surface area (Å²) in [5.41, 5.74) is -0.936. The summed E-state index contributed by atoms with van der Waals surface area (Å²) >= 11 is 0. The molecule has 0 spiro atoms. The minimum atomic E-state index is -4.97. The number of fused-ring (bicyclic) bond motifs is 1. The van der Waals surface area contributed by atoms with Gasteiger partial charge in [-0.2, -0.15) is 13.2 Å². The van der Waals surface area contributed by atoms with Crippen LogP contribution in [0.3, 0.4) is 0 Å². The smallest absolute Gasteiger partial charge is 0.417 e. The second-order valence-electron chi connectivity index (χ2n) is 10.2. The predicted octanol–water partition coefficient (Wildman–Crippen LogP) is 8.58. The van der Waals surface area contributed by atoms with Gasteiger partial charge in [0.15, 0.2) is 0 Å². The van der Waals surface area contributed by atoms with Gasteiger partial charge in [-0.25, -0.2) is 18.2 Å². The Morgan fingerprint density at radius 2 is 1.71 bits per heavy atom.